The molecule has 0 atom stereocenters. The van der Waals surface area contributed by atoms with Crippen LogP contribution in [0.25, 0.3) is 0 Å². The SMILES string of the molecule is CCC(C)(C)NS(=O)(=O)c1ccc(C)c(C)c1C. The van der Waals surface area contributed by atoms with Crippen LogP contribution in [0.3, 0.4) is 0 Å². The minimum atomic E-state index is -3.45. The molecule has 1 aromatic carbocycles. The minimum absolute atomic E-state index is 0.382. The van der Waals surface area contributed by atoms with Crippen LogP contribution in [0.5, 0.6) is 0 Å². The van der Waals surface area contributed by atoms with Crippen LogP contribution in [0.4, 0.5) is 0 Å². The second-order valence-electron chi connectivity index (χ2n) is 5.47. The zero-order chi connectivity index (χ0) is 14.1. The first-order valence-corrected chi connectivity index (χ1v) is 7.70. The second-order valence-corrected chi connectivity index (χ2v) is 7.12. The number of rotatable bonds is 4. The summed E-state index contributed by atoms with van der Waals surface area (Å²) in [5.74, 6) is 0. The van der Waals surface area contributed by atoms with Crippen LogP contribution in [-0.4, -0.2) is 14.0 Å². The van der Waals surface area contributed by atoms with Crippen molar-refractivity contribution in [3.8, 4) is 0 Å². The molecule has 0 aliphatic carbocycles. The lowest BCUT2D eigenvalue weighted by Gasteiger charge is -2.25. The number of hydrogen-bond donors (Lipinski definition) is 1. The van der Waals surface area contributed by atoms with Gasteiger partial charge in [0, 0.05) is 5.54 Å². The monoisotopic (exact) mass is 269 g/mol. The predicted molar refractivity (Wildman–Crippen MR) is 75.3 cm³/mol. The van der Waals surface area contributed by atoms with Gasteiger partial charge in [-0.2, -0.15) is 0 Å². The summed E-state index contributed by atoms with van der Waals surface area (Å²) in [5.41, 5.74) is 2.55. The molecule has 0 unspecified atom stereocenters. The molecule has 0 aliphatic heterocycles. The summed E-state index contributed by atoms with van der Waals surface area (Å²) in [6.45, 7) is 11.5. The van der Waals surface area contributed by atoms with Crippen LogP contribution < -0.4 is 4.72 Å². The Morgan fingerprint density at radius 2 is 1.67 bits per heavy atom. The maximum absolute atomic E-state index is 12.4. The maximum atomic E-state index is 12.4. The average Bonchev–Trinajstić information content (AvgIpc) is 2.24. The van der Waals surface area contributed by atoms with E-state index in [2.05, 4.69) is 4.72 Å². The number of aryl methyl sites for hydroxylation is 1. The van der Waals surface area contributed by atoms with Gasteiger partial charge in [0.25, 0.3) is 0 Å². The van der Waals surface area contributed by atoms with Gasteiger partial charge in [-0.1, -0.05) is 13.0 Å². The Balaban J connectivity index is 3.27. The van der Waals surface area contributed by atoms with Gasteiger partial charge in [-0.05, 0) is 63.8 Å². The maximum Gasteiger partial charge on any atom is 0.241 e. The zero-order valence-corrected chi connectivity index (χ0v) is 12.9. The van der Waals surface area contributed by atoms with E-state index >= 15 is 0 Å². The lowest BCUT2D eigenvalue weighted by atomic mass is 10.0. The molecular weight excluding hydrogens is 246 g/mol. The Morgan fingerprint density at radius 1 is 1.11 bits per heavy atom. The summed E-state index contributed by atoms with van der Waals surface area (Å²) < 4.78 is 27.5. The van der Waals surface area contributed by atoms with Gasteiger partial charge < -0.3 is 0 Å². The average molecular weight is 269 g/mol. The van der Waals surface area contributed by atoms with Crippen LogP contribution in [-0.2, 0) is 10.0 Å². The largest absolute Gasteiger partial charge is 0.241 e. The molecule has 0 radical (unpaired) electrons. The van der Waals surface area contributed by atoms with Gasteiger partial charge in [0.05, 0.1) is 4.90 Å². The minimum Gasteiger partial charge on any atom is -0.207 e. The molecule has 3 nitrogen and oxygen atoms in total. The van der Waals surface area contributed by atoms with E-state index in [1.54, 1.807) is 6.07 Å². The fraction of sp³-hybridized carbons (Fsp3) is 0.571. The summed E-state index contributed by atoms with van der Waals surface area (Å²) in [4.78, 5) is 0.382. The molecule has 1 aromatic rings. The molecule has 0 bridgehead atoms. The van der Waals surface area contributed by atoms with Gasteiger partial charge in [0.1, 0.15) is 0 Å². The van der Waals surface area contributed by atoms with Gasteiger partial charge in [-0.3, -0.25) is 0 Å². The van der Waals surface area contributed by atoms with Crippen molar-refractivity contribution in [3.63, 3.8) is 0 Å². The molecule has 0 aromatic heterocycles. The fourth-order valence-electron chi connectivity index (χ4n) is 1.71. The third kappa shape index (κ3) is 3.12. The number of hydrogen-bond acceptors (Lipinski definition) is 2. The molecule has 18 heavy (non-hydrogen) atoms. The van der Waals surface area contributed by atoms with Gasteiger partial charge >= 0.3 is 0 Å². The number of benzene rings is 1. The normalized spacial score (nSPS) is 12.8. The molecule has 102 valence electrons. The van der Waals surface area contributed by atoms with E-state index in [9.17, 15) is 8.42 Å². The van der Waals surface area contributed by atoms with Crippen molar-refractivity contribution in [2.75, 3.05) is 0 Å². The molecule has 4 heteroatoms. The molecule has 0 saturated carbocycles. The standard InChI is InChI=1S/C14H23NO2S/c1-7-14(5,6)15-18(16,17)13-9-8-10(2)11(3)12(13)4/h8-9,15H,7H2,1-6H3. The van der Waals surface area contributed by atoms with E-state index < -0.39 is 15.6 Å². The summed E-state index contributed by atoms with van der Waals surface area (Å²) in [6, 6.07) is 3.54. The molecule has 0 aliphatic rings. The topological polar surface area (TPSA) is 46.2 Å². The Labute approximate surface area is 111 Å². The lowest BCUT2D eigenvalue weighted by molar-refractivity contribution is 0.439. The van der Waals surface area contributed by atoms with Gasteiger partial charge in [0.2, 0.25) is 10.0 Å². The van der Waals surface area contributed by atoms with Crippen LogP contribution in [0, 0.1) is 20.8 Å². The molecule has 0 amide bonds. The first-order chi connectivity index (χ1) is 8.10. The van der Waals surface area contributed by atoms with E-state index in [0.29, 0.717) is 4.90 Å². The van der Waals surface area contributed by atoms with Crippen LogP contribution in [0.1, 0.15) is 43.9 Å². The van der Waals surface area contributed by atoms with Crippen molar-refractivity contribution in [1.29, 1.82) is 0 Å². The van der Waals surface area contributed by atoms with E-state index in [4.69, 9.17) is 0 Å². The molecule has 1 rings (SSSR count). The molecule has 0 spiro atoms. The van der Waals surface area contributed by atoms with Crippen molar-refractivity contribution in [2.24, 2.45) is 0 Å². The van der Waals surface area contributed by atoms with Crippen molar-refractivity contribution in [3.05, 3.63) is 28.8 Å². The second kappa shape index (κ2) is 5.02. The summed E-state index contributed by atoms with van der Waals surface area (Å²) in [6.07, 6.45) is 0.746. The summed E-state index contributed by atoms with van der Waals surface area (Å²) in [7, 11) is -3.45. The van der Waals surface area contributed by atoms with Crippen LogP contribution in [0.15, 0.2) is 17.0 Å². The quantitative estimate of drug-likeness (QED) is 0.913. The summed E-state index contributed by atoms with van der Waals surface area (Å²) >= 11 is 0. The summed E-state index contributed by atoms with van der Waals surface area (Å²) in [5, 5.41) is 0. The van der Waals surface area contributed by atoms with Crippen molar-refractivity contribution in [2.45, 2.75) is 58.4 Å². The molecular formula is C14H23NO2S. The molecule has 1 N–H and O–H groups in total. The Morgan fingerprint density at radius 3 is 2.17 bits per heavy atom. The number of nitrogens with one attached hydrogen (secondary N) is 1. The number of sulfonamides is 1. The fourth-order valence-corrected chi connectivity index (χ4v) is 3.50. The third-order valence-corrected chi connectivity index (χ3v) is 5.43. The van der Waals surface area contributed by atoms with Crippen molar-refractivity contribution in [1.82, 2.24) is 4.72 Å². The van der Waals surface area contributed by atoms with E-state index in [-0.39, 0.29) is 0 Å². The van der Waals surface area contributed by atoms with E-state index in [0.717, 1.165) is 23.1 Å². The Hall–Kier alpha value is -0.870. The Bertz CT molecular complexity index is 545. The van der Waals surface area contributed by atoms with Crippen molar-refractivity contribution < 1.29 is 8.42 Å². The predicted octanol–water partition coefficient (Wildman–Crippen LogP) is 3.08. The van der Waals surface area contributed by atoms with Crippen molar-refractivity contribution >= 4 is 10.0 Å². The first-order valence-electron chi connectivity index (χ1n) is 6.21. The molecule has 0 heterocycles. The zero-order valence-electron chi connectivity index (χ0n) is 12.1. The molecule has 0 fully saturated rings. The Kier molecular flexibility index (Phi) is 4.23. The highest BCUT2D eigenvalue weighted by Gasteiger charge is 2.26. The first kappa shape index (κ1) is 15.2. The smallest absolute Gasteiger partial charge is 0.207 e. The van der Waals surface area contributed by atoms with Gasteiger partial charge in [-0.15, -0.1) is 0 Å². The van der Waals surface area contributed by atoms with E-state index in [1.165, 1.54) is 0 Å². The van der Waals surface area contributed by atoms with Gasteiger partial charge in [-0.25, -0.2) is 13.1 Å². The highest BCUT2D eigenvalue weighted by Crippen LogP contribution is 2.23. The van der Waals surface area contributed by atoms with Crippen LogP contribution in [0.2, 0.25) is 0 Å². The lowest BCUT2D eigenvalue weighted by Crippen LogP contribution is -2.42. The third-order valence-electron chi connectivity index (χ3n) is 3.59. The highest BCUT2D eigenvalue weighted by molar-refractivity contribution is 7.89. The van der Waals surface area contributed by atoms with E-state index in [1.807, 2.05) is 47.6 Å². The molecule has 0 saturated heterocycles. The van der Waals surface area contributed by atoms with Gasteiger partial charge in [0.15, 0.2) is 0 Å². The highest BCUT2D eigenvalue weighted by atomic mass is 32.2. The van der Waals surface area contributed by atoms with Crippen LogP contribution >= 0.6 is 0 Å².